The van der Waals surface area contributed by atoms with E-state index in [1.54, 1.807) is 0 Å². The number of fused-ring (bicyclic) bond motifs is 1. The van der Waals surface area contributed by atoms with Gasteiger partial charge in [0.15, 0.2) is 0 Å². The average molecular weight is 162 g/mol. The van der Waals surface area contributed by atoms with Crippen LogP contribution in [0.2, 0.25) is 0 Å². The van der Waals surface area contributed by atoms with Crippen molar-refractivity contribution in [1.29, 1.82) is 0 Å². The molecule has 12 heavy (non-hydrogen) atoms. The molecule has 1 aliphatic carbocycles. The second kappa shape index (κ2) is 2.81. The number of rotatable bonds is 0. The summed E-state index contributed by atoms with van der Waals surface area (Å²) in [5, 5.41) is 0. The molecule has 1 heteroatoms. The zero-order valence-corrected chi connectivity index (χ0v) is 7.68. The van der Waals surface area contributed by atoms with Crippen LogP contribution in [0.4, 0.5) is 0 Å². The highest BCUT2D eigenvalue weighted by molar-refractivity contribution is 5.48. The van der Waals surface area contributed by atoms with Gasteiger partial charge in [-0.25, -0.2) is 0 Å². The first kappa shape index (κ1) is 7.66. The second-order valence-electron chi connectivity index (χ2n) is 3.46. The quantitative estimate of drug-likeness (QED) is 0.532. The van der Waals surface area contributed by atoms with Gasteiger partial charge >= 0.3 is 0 Å². The Labute approximate surface area is 73.4 Å². The maximum atomic E-state index is 5.60. The minimum atomic E-state index is 0.746. The van der Waals surface area contributed by atoms with Crippen molar-refractivity contribution in [2.45, 2.75) is 26.7 Å². The number of allylic oxidation sites excluding steroid dienone is 3. The van der Waals surface area contributed by atoms with Crippen LogP contribution in [0.15, 0.2) is 34.6 Å². The smallest absolute Gasteiger partial charge is 0.125 e. The summed E-state index contributed by atoms with van der Waals surface area (Å²) in [6.45, 7) is 5.07. The highest BCUT2D eigenvalue weighted by atomic mass is 16.5. The van der Waals surface area contributed by atoms with Gasteiger partial charge in [0.05, 0.1) is 0 Å². The van der Waals surface area contributed by atoms with Gasteiger partial charge in [0.25, 0.3) is 0 Å². The molecule has 0 radical (unpaired) electrons. The molecule has 1 nitrogen and oxygen atoms in total. The van der Waals surface area contributed by atoms with E-state index in [-0.39, 0.29) is 0 Å². The summed E-state index contributed by atoms with van der Waals surface area (Å²) in [7, 11) is 0. The molecule has 1 aliphatic heterocycles. The molecule has 0 aromatic carbocycles. The van der Waals surface area contributed by atoms with E-state index in [0.29, 0.717) is 0 Å². The van der Waals surface area contributed by atoms with Crippen molar-refractivity contribution in [2.75, 3.05) is 6.61 Å². The first-order chi connectivity index (χ1) is 5.79. The SMILES string of the molecule is CC1=CCOC2=C(C)CCC=C12. The summed E-state index contributed by atoms with van der Waals surface area (Å²) < 4.78 is 5.60. The van der Waals surface area contributed by atoms with Crippen LogP contribution in [0, 0.1) is 0 Å². The summed E-state index contributed by atoms with van der Waals surface area (Å²) in [5.41, 5.74) is 4.10. The van der Waals surface area contributed by atoms with E-state index in [4.69, 9.17) is 4.74 Å². The minimum Gasteiger partial charge on any atom is -0.489 e. The molecule has 0 amide bonds. The highest BCUT2D eigenvalue weighted by Gasteiger charge is 2.18. The molecule has 0 spiro atoms. The molecule has 0 aromatic heterocycles. The maximum Gasteiger partial charge on any atom is 0.125 e. The van der Waals surface area contributed by atoms with E-state index in [0.717, 1.165) is 18.8 Å². The lowest BCUT2D eigenvalue weighted by molar-refractivity contribution is 0.242. The Morgan fingerprint density at radius 2 is 2.08 bits per heavy atom. The monoisotopic (exact) mass is 162 g/mol. The van der Waals surface area contributed by atoms with Gasteiger partial charge in [0.2, 0.25) is 0 Å². The number of hydrogen-bond acceptors (Lipinski definition) is 1. The molecule has 0 atom stereocenters. The molecule has 2 rings (SSSR count). The van der Waals surface area contributed by atoms with Crippen LogP contribution >= 0.6 is 0 Å². The zero-order valence-electron chi connectivity index (χ0n) is 7.68. The standard InChI is InChI=1S/C11H14O/c1-8-6-7-12-11-9(2)4-3-5-10(8)11/h5-6H,3-4,7H2,1-2H3. The zero-order chi connectivity index (χ0) is 8.55. The summed E-state index contributed by atoms with van der Waals surface area (Å²) in [6.07, 6.45) is 6.76. The van der Waals surface area contributed by atoms with E-state index in [1.807, 2.05) is 0 Å². The van der Waals surface area contributed by atoms with Crippen LogP contribution in [-0.4, -0.2) is 6.61 Å². The summed E-state index contributed by atoms with van der Waals surface area (Å²) in [4.78, 5) is 0. The predicted molar refractivity (Wildman–Crippen MR) is 49.7 cm³/mol. The molecule has 0 unspecified atom stereocenters. The molecule has 0 aromatic rings. The van der Waals surface area contributed by atoms with Crippen LogP contribution < -0.4 is 0 Å². The van der Waals surface area contributed by atoms with E-state index >= 15 is 0 Å². The molecule has 2 aliphatic rings. The van der Waals surface area contributed by atoms with Gasteiger partial charge in [-0.05, 0) is 43.9 Å². The highest BCUT2D eigenvalue weighted by Crippen LogP contribution is 2.32. The van der Waals surface area contributed by atoms with Gasteiger partial charge < -0.3 is 4.74 Å². The number of ether oxygens (including phenoxy) is 1. The van der Waals surface area contributed by atoms with Gasteiger partial charge in [-0.3, -0.25) is 0 Å². The van der Waals surface area contributed by atoms with E-state index < -0.39 is 0 Å². The van der Waals surface area contributed by atoms with Crippen molar-refractivity contribution < 1.29 is 4.74 Å². The normalized spacial score (nSPS) is 22.5. The Hall–Kier alpha value is -0.980. The van der Waals surface area contributed by atoms with Crippen molar-refractivity contribution in [3.05, 3.63) is 34.6 Å². The largest absolute Gasteiger partial charge is 0.489 e. The lowest BCUT2D eigenvalue weighted by Crippen LogP contribution is -2.10. The molecule has 1 heterocycles. The Morgan fingerprint density at radius 1 is 1.25 bits per heavy atom. The van der Waals surface area contributed by atoms with Crippen LogP contribution in [0.25, 0.3) is 0 Å². The van der Waals surface area contributed by atoms with Crippen LogP contribution in [0.5, 0.6) is 0 Å². The maximum absolute atomic E-state index is 5.60. The van der Waals surface area contributed by atoms with Gasteiger partial charge in [-0.1, -0.05) is 6.08 Å². The van der Waals surface area contributed by atoms with Crippen molar-refractivity contribution in [3.8, 4) is 0 Å². The van der Waals surface area contributed by atoms with Crippen LogP contribution in [0.3, 0.4) is 0 Å². The molecular formula is C11H14O. The van der Waals surface area contributed by atoms with Gasteiger partial charge in [-0.2, -0.15) is 0 Å². The lowest BCUT2D eigenvalue weighted by atomic mass is 9.92. The Morgan fingerprint density at radius 3 is 2.83 bits per heavy atom. The second-order valence-corrected chi connectivity index (χ2v) is 3.46. The molecular weight excluding hydrogens is 148 g/mol. The van der Waals surface area contributed by atoms with E-state index in [1.165, 1.54) is 23.1 Å². The van der Waals surface area contributed by atoms with Gasteiger partial charge in [0.1, 0.15) is 12.4 Å². The topological polar surface area (TPSA) is 9.23 Å². The van der Waals surface area contributed by atoms with E-state index in [9.17, 15) is 0 Å². The van der Waals surface area contributed by atoms with Gasteiger partial charge in [0, 0.05) is 5.57 Å². The molecule has 64 valence electrons. The fraction of sp³-hybridized carbons (Fsp3) is 0.455. The third kappa shape index (κ3) is 1.09. The summed E-state index contributed by atoms with van der Waals surface area (Å²) in [6, 6.07) is 0. The van der Waals surface area contributed by atoms with Crippen molar-refractivity contribution in [2.24, 2.45) is 0 Å². The molecule has 0 fully saturated rings. The van der Waals surface area contributed by atoms with Gasteiger partial charge in [-0.15, -0.1) is 0 Å². The van der Waals surface area contributed by atoms with Crippen LogP contribution in [0.1, 0.15) is 26.7 Å². The Bertz CT molecular complexity index is 292. The van der Waals surface area contributed by atoms with Crippen molar-refractivity contribution in [1.82, 2.24) is 0 Å². The molecule has 0 bridgehead atoms. The Balaban J connectivity index is 2.45. The van der Waals surface area contributed by atoms with Crippen LogP contribution in [-0.2, 0) is 4.74 Å². The third-order valence-electron chi connectivity index (χ3n) is 2.54. The minimum absolute atomic E-state index is 0.746. The predicted octanol–water partition coefficient (Wildman–Crippen LogP) is 2.96. The number of hydrogen-bond donors (Lipinski definition) is 0. The Kier molecular flexibility index (Phi) is 1.80. The molecule has 0 saturated carbocycles. The fourth-order valence-electron chi connectivity index (χ4n) is 1.77. The van der Waals surface area contributed by atoms with Crippen molar-refractivity contribution >= 4 is 0 Å². The average Bonchev–Trinajstić information content (AvgIpc) is 2.07. The molecule has 0 saturated heterocycles. The van der Waals surface area contributed by atoms with E-state index in [2.05, 4.69) is 26.0 Å². The first-order valence-corrected chi connectivity index (χ1v) is 4.49. The van der Waals surface area contributed by atoms with Crippen molar-refractivity contribution in [3.63, 3.8) is 0 Å². The first-order valence-electron chi connectivity index (χ1n) is 4.49. The molecule has 0 N–H and O–H groups in total. The fourth-order valence-corrected chi connectivity index (χ4v) is 1.77. The summed E-state index contributed by atoms with van der Waals surface area (Å²) >= 11 is 0. The summed E-state index contributed by atoms with van der Waals surface area (Å²) in [5.74, 6) is 1.14. The lowest BCUT2D eigenvalue weighted by Gasteiger charge is -2.24. The third-order valence-corrected chi connectivity index (χ3v) is 2.54.